The van der Waals surface area contributed by atoms with E-state index in [0.29, 0.717) is 12.0 Å². The van der Waals surface area contributed by atoms with Crippen molar-refractivity contribution < 1.29 is 15.3 Å². The molecule has 0 aliphatic heterocycles. The highest BCUT2D eigenvalue weighted by atomic mass is 16.3. The summed E-state index contributed by atoms with van der Waals surface area (Å²) in [5.41, 5.74) is 0.591. The average molecular weight is 180 g/mol. The van der Waals surface area contributed by atoms with Crippen LogP contribution >= 0.6 is 0 Å². The van der Waals surface area contributed by atoms with Gasteiger partial charge in [-0.2, -0.15) is 0 Å². The van der Waals surface area contributed by atoms with Crippen LogP contribution in [0, 0.1) is 0 Å². The van der Waals surface area contributed by atoms with Crippen LogP contribution in [0.1, 0.15) is 12.5 Å². The molecule has 0 heterocycles. The molecule has 70 valence electrons. The first-order valence-corrected chi connectivity index (χ1v) is 4.00. The molecule has 0 fully saturated rings. The quantitative estimate of drug-likeness (QED) is 0.481. The Morgan fingerprint density at radius 2 is 1.85 bits per heavy atom. The molecule has 3 nitrogen and oxygen atoms in total. The highest BCUT2D eigenvalue weighted by molar-refractivity contribution is 5.53. The third-order valence-electron chi connectivity index (χ3n) is 1.79. The Morgan fingerprint density at radius 3 is 2.46 bits per heavy atom. The first kappa shape index (κ1) is 9.45. The minimum atomic E-state index is -0.456. The second-order valence-corrected chi connectivity index (χ2v) is 2.71. The van der Waals surface area contributed by atoms with Gasteiger partial charge in [0.25, 0.3) is 0 Å². The van der Waals surface area contributed by atoms with E-state index in [1.165, 1.54) is 6.07 Å². The predicted molar refractivity (Wildman–Crippen MR) is 50.0 cm³/mol. The van der Waals surface area contributed by atoms with Gasteiger partial charge in [0, 0.05) is 5.56 Å². The molecular formula is C10H12O3. The van der Waals surface area contributed by atoms with Crippen molar-refractivity contribution >= 4 is 0 Å². The number of benzene rings is 1. The third-order valence-corrected chi connectivity index (χ3v) is 1.79. The van der Waals surface area contributed by atoms with Crippen molar-refractivity contribution in [1.29, 1.82) is 0 Å². The first-order valence-electron chi connectivity index (χ1n) is 4.00. The highest BCUT2D eigenvalue weighted by Gasteiger charge is 2.08. The SMILES string of the molecule is C/C=C/Cc1ccc(O)c(O)c1O. The lowest BCUT2D eigenvalue weighted by Gasteiger charge is -2.04. The number of phenolic OH excluding ortho intramolecular Hbond substituents is 3. The van der Waals surface area contributed by atoms with Crippen molar-refractivity contribution in [1.82, 2.24) is 0 Å². The number of hydrogen-bond acceptors (Lipinski definition) is 3. The molecule has 0 saturated carbocycles. The van der Waals surface area contributed by atoms with Crippen LogP contribution in [-0.4, -0.2) is 15.3 Å². The van der Waals surface area contributed by atoms with Gasteiger partial charge in [-0.05, 0) is 19.4 Å². The number of hydrogen-bond donors (Lipinski definition) is 3. The molecule has 0 saturated heterocycles. The first-order chi connectivity index (χ1) is 6.16. The molecule has 0 unspecified atom stereocenters. The summed E-state index contributed by atoms with van der Waals surface area (Å²) in [4.78, 5) is 0. The van der Waals surface area contributed by atoms with Crippen LogP contribution in [0.2, 0.25) is 0 Å². The van der Waals surface area contributed by atoms with E-state index in [1.54, 1.807) is 6.07 Å². The lowest BCUT2D eigenvalue weighted by molar-refractivity contribution is 0.365. The van der Waals surface area contributed by atoms with Gasteiger partial charge in [0.15, 0.2) is 11.5 Å². The molecule has 0 aromatic heterocycles. The molecule has 0 spiro atoms. The molecule has 3 heteroatoms. The highest BCUT2D eigenvalue weighted by Crippen LogP contribution is 2.37. The molecule has 0 radical (unpaired) electrons. The molecule has 3 N–H and O–H groups in total. The summed E-state index contributed by atoms with van der Waals surface area (Å²) in [5.74, 6) is -1.01. The van der Waals surface area contributed by atoms with Gasteiger partial charge < -0.3 is 15.3 Å². The smallest absolute Gasteiger partial charge is 0.200 e. The Kier molecular flexibility index (Phi) is 2.80. The van der Waals surface area contributed by atoms with Crippen LogP contribution < -0.4 is 0 Å². The number of allylic oxidation sites excluding steroid dienone is 2. The maximum Gasteiger partial charge on any atom is 0.200 e. The normalized spacial score (nSPS) is 10.8. The number of aromatic hydroxyl groups is 3. The van der Waals surface area contributed by atoms with Crippen molar-refractivity contribution in [3.05, 3.63) is 29.8 Å². The molecule has 1 rings (SSSR count). The summed E-state index contributed by atoms with van der Waals surface area (Å²) in [6, 6.07) is 2.93. The number of phenols is 3. The fraction of sp³-hybridized carbons (Fsp3) is 0.200. The largest absolute Gasteiger partial charge is 0.504 e. The van der Waals surface area contributed by atoms with Crippen molar-refractivity contribution in [2.75, 3.05) is 0 Å². The van der Waals surface area contributed by atoms with Crippen LogP contribution in [0.4, 0.5) is 0 Å². The topological polar surface area (TPSA) is 60.7 Å². The monoisotopic (exact) mass is 180 g/mol. The maximum atomic E-state index is 9.36. The summed E-state index contributed by atoms with van der Waals surface area (Å²) < 4.78 is 0. The van der Waals surface area contributed by atoms with Gasteiger partial charge in [0.1, 0.15) is 0 Å². The summed E-state index contributed by atoms with van der Waals surface area (Å²) in [7, 11) is 0. The van der Waals surface area contributed by atoms with Gasteiger partial charge in [-0.1, -0.05) is 18.2 Å². The van der Waals surface area contributed by atoms with Gasteiger partial charge in [-0.15, -0.1) is 0 Å². The Morgan fingerprint density at radius 1 is 1.15 bits per heavy atom. The van der Waals surface area contributed by atoms with Crippen molar-refractivity contribution in [2.45, 2.75) is 13.3 Å². The lowest BCUT2D eigenvalue weighted by atomic mass is 10.1. The molecule has 0 aliphatic rings. The molecule has 1 aromatic carbocycles. The van der Waals surface area contributed by atoms with Crippen LogP contribution in [0.3, 0.4) is 0 Å². The van der Waals surface area contributed by atoms with Gasteiger partial charge in [0.2, 0.25) is 5.75 Å². The predicted octanol–water partition coefficient (Wildman–Crippen LogP) is 1.92. The van der Waals surface area contributed by atoms with E-state index < -0.39 is 5.75 Å². The zero-order valence-electron chi connectivity index (χ0n) is 7.36. The van der Waals surface area contributed by atoms with Crippen molar-refractivity contribution in [3.8, 4) is 17.2 Å². The Hall–Kier alpha value is -1.64. The van der Waals surface area contributed by atoms with Gasteiger partial charge >= 0.3 is 0 Å². The summed E-state index contributed by atoms with van der Waals surface area (Å²) in [6.07, 6.45) is 4.24. The van der Waals surface area contributed by atoms with Gasteiger partial charge in [0.05, 0.1) is 0 Å². The van der Waals surface area contributed by atoms with E-state index in [-0.39, 0.29) is 11.5 Å². The standard InChI is InChI=1S/C10H12O3/c1-2-3-4-7-5-6-8(11)10(13)9(7)12/h2-3,5-6,11-13H,4H2,1H3/b3-2+. The molecule has 0 bridgehead atoms. The van der Waals surface area contributed by atoms with Crippen LogP contribution in [-0.2, 0) is 6.42 Å². The zero-order valence-corrected chi connectivity index (χ0v) is 7.36. The Balaban J connectivity index is 3.03. The Bertz CT molecular complexity index is 329. The fourth-order valence-corrected chi connectivity index (χ4v) is 1.02. The molecule has 0 aliphatic carbocycles. The van der Waals surface area contributed by atoms with E-state index >= 15 is 0 Å². The fourth-order valence-electron chi connectivity index (χ4n) is 1.02. The maximum absolute atomic E-state index is 9.36. The van der Waals surface area contributed by atoms with Crippen molar-refractivity contribution in [2.24, 2.45) is 0 Å². The van der Waals surface area contributed by atoms with E-state index in [2.05, 4.69) is 0 Å². The molecule has 1 aromatic rings. The van der Waals surface area contributed by atoms with Crippen molar-refractivity contribution in [3.63, 3.8) is 0 Å². The summed E-state index contributed by atoms with van der Waals surface area (Å²) in [5, 5.41) is 27.5. The van der Waals surface area contributed by atoms with E-state index in [0.717, 1.165) is 0 Å². The minimum Gasteiger partial charge on any atom is -0.504 e. The molecule has 0 atom stereocenters. The summed E-state index contributed by atoms with van der Waals surface area (Å²) >= 11 is 0. The van der Waals surface area contributed by atoms with Crippen LogP contribution in [0.15, 0.2) is 24.3 Å². The second-order valence-electron chi connectivity index (χ2n) is 2.71. The molecule has 13 heavy (non-hydrogen) atoms. The van der Waals surface area contributed by atoms with Crippen LogP contribution in [0.25, 0.3) is 0 Å². The molecule has 0 amide bonds. The summed E-state index contributed by atoms with van der Waals surface area (Å²) in [6.45, 7) is 1.87. The second kappa shape index (κ2) is 3.85. The Labute approximate surface area is 76.6 Å². The zero-order chi connectivity index (χ0) is 9.84. The number of rotatable bonds is 2. The van der Waals surface area contributed by atoms with E-state index in [9.17, 15) is 5.11 Å². The molecular weight excluding hydrogens is 168 g/mol. The average Bonchev–Trinajstić information content (AvgIpc) is 2.13. The minimum absolute atomic E-state index is 0.252. The van der Waals surface area contributed by atoms with Gasteiger partial charge in [-0.3, -0.25) is 0 Å². The van der Waals surface area contributed by atoms with E-state index in [1.807, 2.05) is 19.1 Å². The van der Waals surface area contributed by atoms with Gasteiger partial charge in [-0.25, -0.2) is 0 Å². The van der Waals surface area contributed by atoms with E-state index in [4.69, 9.17) is 10.2 Å². The lowest BCUT2D eigenvalue weighted by Crippen LogP contribution is -1.83. The van der Waals surface area contributed by atoms with Crippen LogP contribution in [0.5, 0.6) is 17.2 Å². The third kappa shape index (κ3) is 1.93.